The quantitative estimate of drug-likeness (QED) is 0.765. The van der Waals surface area contributed by atoms with Crippen molar-refractivity contribution in [3.8, 4) is 5.75 Å². The molecule has 2 aromatic rings. The molecule has 4 rings (SSSR count). The van der Waals surface area contributed by atoms with E-state index in [1.54, 1.807) is 28.0 Å². The number of amides is 2. The Kier molecular flexibility index (Phi) is 7.21. The first-order valence-electron chi connectivity index (χ1n) is 11.3. The van der Waals surface area contributed by atoms with Gasteiger partial charge in [0, 0.05) is 13.1 Å². The zero-order valence-corrected chi connectivity index (χ0v) is 18.2. The van der Waals surface area contributed by atoms with Crippen molar-refractivity contribution < 1.29 is 19.4 Å². The maximum absolute atomic E-state index is 13.3. The highest BCUT2D eigenvalue weighted by atomic mass is 16.5. The number of hydrogen-bond acceptors (Lipinski definition) is 6. The van der Waals surface area contributed by atoms with Gasteiger partial charge in [0.05, 0.1) is 24.9 Å². The molecule has 170 valence electrons. The number of rotatable bonds is 3. The van der Waals surface area contributed by atoms with Crippen molar-refractivity contribution in [3.63, 3.8) is 0 Å². The number of benzene rings is 1. The molecule has 1 atom stereocenters. The molecule has 2 amide bonds. The summed E-state index contributed by atoms with van der Waals surface area (Å²) >= 11 is 0. The Labute approximate surface area is 188 Å². The molecule has 3 heterocycles. The lowest BCUT2D eigenvalue weighted by Gasteiger charge is -2.28. The Hall–Kier alpha value is -3.13. The van der Waals surface area contributed by atoms with Gasteiger partial charge in [-0.2, -0.15) is 0 Å². The number of likely N-dealkylation sites (tertiary alicyclic amines) is 1. The summed E-state index contributed by atoms with van der Waals surface area (Å²) in [4.78, 5) is 34.0. The van der Waals surface area contributed by atoms with Crippen LogP contribution in [-0.4, -0.2) is 70.6 Å². The first-order valence-corrected chi connectivity index (χ1v) is 11.3. The van der Waals surface area contributed by atoms with Gasteiger partial charge in [0.25, 0.3) is 5.91 Å². The lowest BCUT2D eigenvalue weighted by Crippen LogP contribution is -2.46. The molecule has 8 nitrogen and oxygen atoms in total. The van der Waals surface area contributed by atoms with Crippen LogP contribution in [0.1, 0.15) is 42.6 Å². The van der Waals surface area contributed by atoms with Crippen molar-refractivity contribution in [2.45, 2.75) is 38.1 Å². The Bertz CT molecular complexity index is 951. The number of para-hydroxylation sites is 2. The number of ether oxygens (including phenoxy) is 1. The summed E-state index contributed by atoms with van der Waals surface area (Å²) in [5.41, 5.74) is 1.08. The van der Waals surface area contributed by atoms with Crippen LogP contribution >= 0.6 is 0 Å². The Morgan fingerprint density at radius 3 is 2.84 bits per heavy atom. The SMILES string of the molecule is O=C1c2cccc(n2)Nc2ccccc2OCCCCCN1CC(=O)N1CCCC1CO. The fraction of sp³-hybridized carbons (Fsp3) is 0.458. The molecule has 2 N–H and O–H groups in total. The van der Waals surface area contributed by atoms with Crippen LogP contribution < -0.4 is 10.1 Å². The monoisotopic (exact) mass is 438 g/mol. The fourth-order valence-electron chi connectivity index (χ4n) is 4.24. The van der Waals surface area contributed by atoms with Crippen molar-refractivity contribution in [2.75, 3.05) is 38.2 Å². The average molecular weight is 439 g/mol. The molecule has 1 fully saturated rings. The van der Waals surface area contributed by atoms with Crippen LogP contribution in [0.3, 0.4) is 0 Å². The predicted molar refractivity (Wildman–Crippen MR) is 121 cm³/mol. The zero-order valence-electron chi connectivity index (χ0n) is 18.2. The molecule has 1 saturated heterocycles. The van der Waals surface area contributed by atoms with Crippen LogP contribution in [0.2, 0.25) is 0 Å². The van der Waals surface area contributed by atoms with Gasteiger partial charge in [-0.1, -0.05) is 18.2 Å². The lowest BCUT2D eigenvalue weighted by molar-refractivity contribution is -0.133. The number of nitrogens with one attached hydrogen (secondary N) is 1. The van der Waals surface area contributed by atoms with E-state index in [2.05, 4.69) is 10.3 Å². The smallest absolute Gasteiger partial charge is 0.273 e. The third-order valence-corrected chi connectivity index (χ3v) is 5.97. The number of pyridine rings is 1. The number of aliphatic hydroxyl groups is 1. The van der Waals surface area contributed by atoms with Crippen LogP contribution in [0, 0.1) is 0 Å². The van der Waals surface area contributed by atoms with Gasteiger partial charge in [-0.25, -0.2) is 4.98 Å². The standard InChI is InChI=1S/C24H30N4O4/c29-17-18-8-7-14-28(18)23(30)16-27-13-4-1-5-15-32-21-11-3-2-9-19(21)25-22-12-6-10-20(26-22)24(27)31/h2-3,6,9-12,18,29H,1,4-5,7-8,13-17H2,(H,25,26). The summed E-state index contributed by atoms with van der Waals surface area (Å²) in [6.45, 7) is 1.62. The molecule has 2 bridgehead atoms. The second-order valence-corrected chi connectivity index (χ2v) is 8.23. The highest BCUT2D eigenvalue weighted by molar-refractivity contribution is 5.95. The van der Waals surface area contributed by atoms with E-state index in [-0.39, 0.29) is 31.0 Å². The van der Waals surface area contributed by atoms with Gasteiger partial charge < -0.3 is 25.0 Å². The summed E-state index contributed by atoms with van der Waals surface area (Å²) in [5.74, 6) is 0.903. The second kappa shape index (κ2) is 10.5. The van der Waals surface area contributed by atoms with Crippen molar-refractivity contribution in [2.24, 2.45) is 0 Å². The molecule has 0 aliphatic carbocycles. The first kappa shape index (κ1) is 22.1. The molecule has 8 heteroatoms. The number of aromatic nitrogens is 1. The summed E-state index contributed by atoms with van der Waals surface area (Å²) < 4.78 is 5.95. The van der Waals surface area contributed by atoms with Gasteiger partial charge in [0.2, 0.25) is 5.91 Å². The molecule has 0 spiro atoms. The van der Waals surface area contributed by atoms with Crippen molar-refractivity contribution >= 4 is 23.3 Å². The number of aliphatic hydroxyl groups excluding tert-OH is 1. The maximum atomic E-state index is 13.3. The van der Waals surface area contributed by atoms with Gasteiger partial charge in [0.15, 0.2) is 0 Å². The number of hydrogen-bond donors (Lipinski definition) is 2. The first-order chi connectivity index (χ1) is 15.7. The Morgan fingerprint density at radius 1 is 1.09 bits per heavy atom. The maximum Gasteiger partial charge on any atom is 0.273 e. The van der Waals surface area contributed by atoms with Gasteiger partial charge in [0.1, 0.15) is 23.8 Å². The molecule has 2 aliphatic heterocycles. The molecule has 1 aromatic heterocycles. The predicted octanol–water partition coefficient (Wildman–Crippen LogP) is 2.81. The summed E-state index contributed by atoms with van der Waals surface area (Å²) in [7, 11) is 0. The van der Waals surface area contributed by atoms with Gasteiger partial charge in [-0.3, -0.25) is 9.59 Å². The summed E-state index contributed by atoms with van der Waals surface area (Å²) in [6.07, 6.45) is 4.18. The molecule has 2 aliphatic rings. The molecular formula is C24H30N4O4. The van der Waals surface area contributed by atoms with Gasteiger partial charge in [-0.05, 0) is 56.4 Å². The van der Waals surface area contributed by atoms with E-state index < -0.39 is 0 Å². The van der Waals surface area contributed by atoms with Gasteiger partial charge in [-0.15, -0.1) is 0 Å². The van der Waals surface area contributed by atoms with Gasteiger partial charge >= 0.3 is 0 Å². The van der Waals surface area contributed by atoms with Crippen LogP contribution in [-0.2, 0) is 4.79 Å². The molecule has 0 saturated carbocycles. The van der Waals surface area contributed by atoms with Crippen LogP contribution in [0.5, 0.6) is 5.75 Å². The minimum atomic E-state index is -0.261. The third-order valence-electron chi connectivity index (χ3n) is 5.97. The Morgan fingerprint density at radius 2 is 1.97 bits per heavy atom. The second-order valence-electron chi connectivity index (χ2n) is 8.23. The number of nitrogens with zero attached hydrogens (tertiary/aromatic N) is 3. The van der Waals surface area contributed by atoms with Crippen LogP contribution in [0.25, 0.3) is 0 Å². The van der Waals surface area contributed by atoms with E-state index in [4.69, 9.17) is 4.74 Å². The van der Waals surface area contributed by atoms with Crippen molar-refractivity contribution in [3.05, 3.63) is 48.2 Å². The zero-order chi connectivity index (χ0) is 22.3. The van der Waals surface area contributed by atoms with E-state index in [0.29, 0.717) is 31.2 Å². The van der Waals surface area contributed by atoms with E-state index in [9.17, 15) is 14.7 Å². The minimum absolute atomic E-state index is 0.00595. The molecule has 1 aromatic carbocycles. The van der Waals surface area contributed by atoms with E-state index in [1.807, 2.05) is 24.3 Å². The molecule has 1 unspecified atom stereocenters. The minimum Gasteiger partial charge on any atom is -0.491 e. The number of fused-ring (bicyclic) bond motifs is 3. The van der Waals surface area contributed by atoms with Crippen LogP contribution in [0.4, 0.5) is 11.5 Å². The third kappa shape index (κ3) is 5.19. The van der Waals surface area contributed by atoms with Crippen LogP contribution in [0.15, 0.2) is 42.5 Å². The normalized spacial score (nSPS) is 19.5. The van der Waals surface area contributed by atoms with E-state index in [1.165, 1.54) is 0 Å². The van der Waals surface area contributed by atoms with E-state index in [0.717, 1.165) is 43.5 Å². The highest BCUT2D eigenvalue weighted by Gasteiger charge is 2.30. The Balaban J connectivity index is 1.56. The van der Waals surface area contributed by atoms with Crippen molar-refractivity contribution in [1.82, 2.24) is 14.8 Å². The largest absolute Gasteiger partial charge is 0.491 e. The summed E-state index contributed by atoms with van der Waals surface area (Å²) in [6, 6.07) is 12.8. The number of anilines is 2. The molecular weight excluding hydrogens is 408 g/mol. The number of carbonyl (C=O) groups is 2. The highest BCUT2D eigenvalue weighted by Crippen LogP contribution is 2.27. The molecule has 0 radical (unpaired) electrons. The van der Waals surface area contributed by atoms with E-state index >= 15 is 0 Å². The molecule has 32 heavy (non-hydrogen) atoms. The lowest BCUT2D eigenvalue weighted by atomic mass is 10.2. The average Bonchev–Trinajstić information content (AvgIpc) is 3.30. The topological polar surface area (TPSA) is 95.0 Å². The fourth-order valence-corrected chi connectivity index (χ4v) is 4.24. The summed E-state index contributed by atoms with van der Waals surface area (Å²) in [5, 5.41) is 12.8. The van der Waals surface area contributed by atoms with Crippen molar-refractivity contribution in [1.29, 1.82) is 0 Å². The number of carbonyl (C=O) groups excluding carboxylic acids is 2.